The van der Waals surface area contributed by atoms with Crippen LogP contribution < -0.4 is 20.7 Å². The summed E-state index contributed by atoms with van der Waals surface area (Å²) in [5.74, 6) is 6.39. The zero-order valence-corrected chi connectivity index (χ0v) is 11.3. The van der Waals surface area contributed by atoms with Gasteiger partial charge in [0.2, 0.25) is 5.13 Å². The van der Waals surface area contributed by atoms with Gasteiger partial charge in [-0.05, 0) is 12.1 Å². The van der Waals surface area contributed by atoms with Crippen molar-refractivity contribution in [1.29, 1.82) is 0 Å². The normalized spacial score (nSPS) is 10.2. The van der Waals surface area contributed by atoms with Crippen LogP contribution in [0, 0.1) is 0 Å². The molecule has 0 unspecified atom stereocenters. The van der Waals surface area contributed by atoms with E-state index in [2.05, 4.69) is 15.6 Å². The molecule has 6 nitrogen and oxygen atoms in total. The van der Waals surface area contributed by atoms with Crippen molar-refractivity contribution in [3.05, 3.63) is 17.2 Å². The fraction of sp³-hybridized carbons (Fsp3) is 0.200. The lowest BCUT2D eigenvalue weighted by Crippen LogP contribution is -2.05. The zero-order valence-electron chi connectivity index (χ0n) is 9.73. The molecule has 0 bridgehead atoms. The second-order valence-electron chi connectivity index (χ2n) is 3.21. The first-order chi connectivity index (χ1) is 8.71. The van der Waals surface area contributed by atoms with Crippen LogP contribution in [0.3, 0.4) is 0 Å². The number of benzene rings is 1. The first-order valence-electron chi connectivity index (χ1n) is 4.92. The quantitative estimate of drug-likeness (QED) is 0.662. The highest BCUT2D eigenvalue weighted by molar-refractivity contribution is 7.18. The molecule has 0 aliphatic heterocycles. The fourth-order valence-corrected chi connectivity index (χ4v) is 2.43. The van der Waals surface area contributed by atoms with Gasteiger partial charge in [-0.25, -0.2) is 5.84 Å². The third-order valence-corrected chi connectivity index (χ3v) is 3.43. The van der Waals surface area contributed by atoms with Crippen LogP contribution in [0.15, 0.2) is 12.1 Å². The van der Waals surface area contributed by atoms with E-state index in [1.54, 1.807) is 19.2 Å². The molecule has 2 rings (SSSR count). The summed E-state index contributed by atoms with van der Waals surface area (Å²) in [7, 11) is 3.10. The lowest BCUT2D eigenvalue weighted by atomic mass is 10.2. The van der Waals surface area contributed by atoms with E-state index in [4.69, 9.17) is 26.9 Å². The predicted molar refractivity (Wildman–Crippen MR) is 71.3 cm³/mol. The van der Waals surface area contributed by atoms with Crippen molar-refractivity contribution in [2.24, 2.45) is 5.84 Å². The molecule has 0 radical (unpaired) electrons. The van der Waals surface area contributed by atoms with E-state index < -0.39 is 0 Å². The molecule has 0 amide bonds. The van der Waals surface area contributed by atoms with Gasteiger partial charge in [-0.15, -0.1) is 10.2 Å². The average molecular weight is 287 g/mol. The number of nitrogens with zero attached hydrogens (tertiary/aromatic N) is 2. The number of halogens is 1. The van der Waals surface area contributed by atoms with E-state index in [0.29, 0.717) is 32.2 Å². The number of nitrogens with two attached hydrogens (primary N) is 1. The minimum atomic E-state index is 0.478. The molecule has 8 heteroatoms. The average Bonchev–Trinajstić information content (AvgIpc) is 2.86. The smallest absolute Gasteiger partial charge is 0.220 e. The van der Waals surface area contributed by atoms with Gasteiger partial charge in [-0.1, -0.05) is 22.9 Å². The first kappa shape index (κ1) is 12.9. The molecule has 2 aromatic rings. The van der Waals surface area contributed by atoms with Crippen LogP contribution in [0.1, 0.15) is 0 Å². The zero-order chi connectivity index (χ0) is 13.1. The van der Waals surface area contributed by atoms with E-state index in [1.807, 2.05) is 0 Å². The molecule has 1 heterocycles. The molecule has 0 saturated carbocycles. The molecule has 0 atom stereocenters. The third-order valence-electron chi connectivity index (χ3n) is 2.26. The van der Waals surface area contributed by atoms with Gasteiger partial charge in [0.25, 0.3) is 0 Å². The van der Waals surface area contributed by atoms with Gasteiger partial charge in [-0.3, -0.25) is 5.43 Å². The third kappa shape index (κ3) is 2.20. The molecule has 0 spiro atoms. The summed E-state index contributed by atoms with van der Waals surface area (Å²) in [5, 5.41) is 9.48. The number of hydrogen-bond acceptors (Lipinski definition) is 7. The van der Waals surface area contributed by atoms with Crippen LogP contribution in [0.2, 0.25) is 5.02 Å². The maximum Gasteiger partial charge on any atom is 0.220 e. The SMILES string of the molecule is COc1ccc(Cl)c(OC)c1-c1nnc(NN)s1. The van der Waals surface area contributed by atoms with E-state index in [-0.39, 0.29) is 0 Å². The summed E-state index contributed by atoms with van der Waals surface area (Å²) in [6.07, 6.45) is 0. The van der Waals surface area contributed by atoms with Crippen molar-refractivity contribution in [3.8, 4) is 22.1 Å². The number of rotatable bonds is 4. The van der Waals surface area contributed by atoms with Gasteiger partial charge < -0.3 is 9.47 Å². The van der Waals surface area contributed by atoms with Gasteiger partial charge >= 0.3 is 0 Å². The minimum absolute atomic E-state index is 0.478. The Morgan fingerprint density at radius 3 is 2.61 bits per heavy atom. The highest BCUT2D eigenvalue weighted by atomic mass is 35.5. The number of nitrogen functional groups attached to an aromatic ring is 1. The predicted octanol–water partition coefficient (Wildman–Crippen LogP) is 2.16. The van der Waals surface area contributed by atoms with Crippen LogP contribution in [0.5, 0.6) is 11.5 Å². The largest absolute Gasteiger partial charge is 0.496 e. The number of hydrogen-bond donors (Lipinski definition) is 2. The molecule has 96 valence electrons. The summed E-state index contributed by atoms with van der Waals surface area (Å²) in [6, 6.07) is 3.45. The van der Waals surface area contributed by atoms with Crippen molar-refractivity contribution in [1.82, 2.24) is 10.2 Å². The molecule has 3 N–H and O–H groups in total. The molecular formula is C10H11ClN4O2S. The standard InChI is InChI=1S/C10H11ClN4O2S/c1-16-6-4-3-5(11)8(17-2)7(6)9-14-15-10(13-12)18-9/h3-4H,12H2,1-2H3,(H,13,15). The Hall–Kier alpha value is -1.57. The number of nitrogens with one attached hydrogen (secondary N) is 1. The van der Waals surface area contributed by atoms with Gasteiger partial charge in [-0.2, -0.15) is 0 Å². The van der Waals surface area contributed by atoms with Crippen LogP contribution in [0.25, 0.3) is 10.6 Å². The molecule has 0 aliphatic rings. The Morgan fingerprint density at radius 1 is 1.28 bits per heavy atom. The van der Waals surface area contributed by atoms with Gasteiger partial charge in [0.05, 0.1) is 24.8 Å². The van der Waals surface area contributed by atoms with Gasteiger partial charge in [0.1, 0.15) is 5.75 Å². The molecular weight excluding hydrogens is 276 g/mol. The molecule has 0 aliphatic carbocycles. The summed E-state index contributed by atoms with van der Waals surface area (Å²) in [4.78, 5) is 0. The second-order valence-corrected chi connectivity index (χ2v) is 4.60. The Bertz CT molecular complexity index is 561. The van der Waals surface area contributed by atoms with Gasteiger partial charge in [0.15, 0.2) is 10.8 Å². The summed E-state index contributed by atoms with van der Waals surface area (Å²) < 4.78 is 10.6. The monoisotopic (exact) mass is 286 g/mol. The van der Waals surface area contributed by atoms with Crippen LogP contribution in [0.4, 0.5) is 5.13 Å². The fourth-order valence-electron chi connectivity index (χ4n) is 1.49. The van der Waals surface area contributed by atoms with E-state index in [0.717, 1.165) is 0 Å². The van der Waals surface area contributed by atoms with Crippen LogP contribution in [-0.2, 0) is 0 Å². The lowest BCUT2D eigenvalue weighted by molar-refractivity contribution is 0.397. The van der Waals surface area contributed by atoms with E-state index in [1.165, 1.54) is 18.4 Å². The van der Waals surface area contributed by atoms with Crippen molar-refractivity contribution >= 4 is 28.1 Å². The minimum Gasteiger partial charge on any atom is -0.496 e. The van der Waals surface area contributed by atoms with Crippen molar-refractivity contribution < 1.29 is 9.47 Å². The summed E-state index contributed by atoms with van der Waals surface area (Å²) in [5.41, 5.74) is 3.10. The maximum absolute atomic E-state index is 6.08. The van der Waals surface area contributed by atoms with Gasteiger partial charge in [0, 0.05) is 0 Å². The van der Waals surface area contributed by atoms with Crippen molar-refractivity contribution in [3.63, 3.8) is 0 Å². The highest BCUT2D eigenvalue weighted by Gasteiger charge is 2.19. The van der Waals surface area contributed by atoms with Crippen LogP contribution >= 0.6 is 22.9 Å². The van der Waals surface area contributed by atoms with E-state index in [9.17, 15) is 0 Å². The lowest BCUT2D eigenvalue weighted by Gasteiger charge is -2.11. The Morgan fingerprint density at radius 2 is 2.06 bits per heavy atom. The molecule has 18 heavy (non-hydrogen) atoms. The maximum atomic E-state index is 6.08. The number of ether oxygens (including phenoxy) is 2. The Balaban J connectivity index is 2.63. The molecule has 1 aromatic carbocycles. The number of hydrazine groups is 1. The number of methoxy groups -OCH3 is 2. The molecule has 0 saturated heterocycles. The van der Waals surface area contributed by atoms with Crippen molar-refractivity contribution in [2.45, 2.75) is 0 Å². The molecule has 1 aromatic heterocycles. The van der Waals surface area contributed by atoms with E-state index >= 15 is 0 Å². The highest BCUT2D eigenvalue weighted by Crippen LogP contribution is 2.44. The Kier molecular flexibility index (Phi) is 3.85. The topological polar surface area (TPSA) is 82.3 Å². The first-order valence-corrected chi connectivity index (χ1v) is 6.11. The summed E-state index contributed by atoms with van der Waals surface area (Å²) in [6.45, 7) is 0. The number of anilines is 1. The Labute approximate surface area is 113 Å². The summed E-state index contributed by atoms with van der Waals surface area (Å²) >= 11 is 7.36. The van der Waals surface area contributed by atoms with Crippen molar-refractivity contribution in [2.75, 3.05) is 19.6 Å². The molecule has 0 fully saturated rings. The van der Waals surface area contributed by atoms with Crippen LogP contribution in [-0.4, -0.2) is 24.4 Å². The second kappa shape index (κ2) is 5.38. The number of aromatic nitrogens is 2.